The van der Waals surface area contributed by atoms with Crippen molar-refractivity contribution in [3.8, 4) is 11.5 Å². The lowest BCUT2D eigenvalue weighted by atomic mass is 10.2. The van der Waals surface area contributed by atoms with Crippen LogP contribution in [0.15, 0.2) is 41.8 Å². The van der Waals surface area contributed by atoms with Crippen molar-refractivity contribution >= 4 is 29.3 Å². The lowest BCUT2D eigenvalue weighted by Crippen LogP contribution is -2.34. The van der Waals surface area contributed by atoms with Gasteiger partial charge in [-0.15, -0.1) is 11.3 Å². The average Bonchev–Trinajstić information content (AvgIpc) is 3.22. The third-order valence-corrected chi connectivity index (χ3v) is 4.82. The fourth-order valence-electron chi connectivity index (χ4n) is 2.59. The van der Waals surface area contributed by atoms with Crippen LogP contribution >= 0.6 is 11.3 Å². The number of nitrogens with zero attached hydrogens (tertiary/aromatic N) is 1. The number of likely N-dealkylation sites (N-methyl/N-ethyl adjacent to an activating group) is 1. The van der Waals surface area contributed by atoms with Gasteiger partial charge in [-0.1, -0.05) is 12.1 Å². The van der Waals surface area contributed by atoms with Gasteiger partial charge < -0.3 is 19.1 Å². The molecule has 0 N–H and O–H groups in total. The number of fused-ring (bicyclic) bond motifs is 1. The summed E-state index contributed by atoms with van der Waals surface area (Å²) in [7, 11) is 0. The maximum Gasteiger partial charge on any atom is 0.331 e. The highest BCUT2D eigenvalue weighted by Crippen LogP contribution is 2.31. The highest BCUT2D eigenvalue weighted by molar-refractivity contribution is 7.10. The fourth-order valence-corrected chi connectivity index (χ4v) is 3.21. The molecule has 0 fully saturated rings. The highest BCUT2D eigenvalue weighted by Gasteiger charge is 2.16. The topological polar surface area (TPSA) is 65.1 Å². The minimum Gasteiger partial charge on any atom is -0.486 e. The summed E-state index contributed by atoms with van der Waals surface area (Å²) in [5, 5.41) is 1.92. The third kappa shape index (κ3) is 5.34. The van der Waals surface area contributed by atoms with Crippen LogP contribution < -0.4 is 9.47 Å². The van der Waals surface area contributed by atoms with E-state index in [1.54, 1.807) is 11.0 Å². The van der Waals surface area contributed by atoms with Gasteiger partial charge in [-0.05, 0) is 42.1 Å². The van der Waals surface area contributed by atoms with Crippen molar-refractivity contribution in [3.63, 3.8) is 0 Å². The van der Waals surface area contributed by atoms with Gasteiger partial charge in [0, 0.05) is 24.0 Å². The van der Waals surface area contributed by atoms with E-state index in [1.807, 2.05) is 42.6 Å². The number of rotatable bonds is 7. The van der Waals surface area contributed by atoms with E-state index >= 15 is 0 Å². The van der Waals surface area contributed by atoms with E-state index in [4.69, 9.17) is 14.2 Å². The Bertz CT molecular complexity index is 816. The Morgan fingerprint density at radius 2 is 2.04 bits per heavy atom. The van der Waals surface area contributed by atoms with Gasteiger partial charge in [-0.2, -0.15) is 0 Å². The zero-order valence-electron chi connectivity index (χ0n) is 15.1. The van der Waals surface area contributed by atoms with Crippen molar-refractivity contribution in [1.29, 1.82) is 0 Å². The monoisotopic (exact) mass is 387 g/mol. The Morgan fingerprint density at radius 1 is 1.22 bits per heavy atom. The Hall–Kier alpha value is -2.80. The minimum absolute atomic E-state index is 0.245. The maximum absolute atomic E-state index is 12.4. The summed E-state index contributed by atoms with van der Waals surface area (Å²) in [5.74, 6) is 0.621. The number of benzene rings is 1. The number of hydrogen-bond donors (Lipinski definition) is 0. The van der Waals surface area contributed by atoms with E-state index in [0.29, 0.717) is 37.8 Å². The summed E-state index contributed by atoms with van der Waals surface area (Å²) < 4.78 is 16.1. The van der Waals surface area contributed by atoms with E-state index in [-0.39, 0.29) is 12.5 Å². The largest absolute Gasteiger partial charge is 0.486 e. The Labute approximate surface area is 162 Å². The molecule has 0 spiro atoms. The molecule has 3 rings (SSSR count). The predicted molar refractivity (Wildman–Crippen MR) is 103 cm³/mol. The van der Waals surface area contributed by atoms with Gasteiger partial charge in [-0.25, -0.2) is 4.79 Å². The van der Waals surface area contributed by atoms with Gasteiger partial charge in [0.25, 0.3) is 5.91 Å². The van der Waals surface area contributed by atoms with Gasteiger partial charge in [0.05, 0.1) is 0 Å². The van der Waals surface area contributed by atoms with Crippen LogP contribution in [0, 0.1) is 0 Å². The quantitative estimate of drug-likeness (QED) is 0.539. The van der Waals surface area contributed by atoms with E-state index in [9.17, 15) is 9.59 Å². The number of hydrogen-bond acceptors (Lipinski definition) is 6. The number of thiophene rings is 1. The van der Waals surface area contributed by atoms with Crippen LogP contribution in [0.3, 0.4) is 0 Å². The van der Waals surface area contributed by atoms with Crippen LogP contribution in [0.4, 0.5) is 0 Å². The fraction of sp³-hybridized carbons (Fsp3) is 0.300. The second-order valence-corrected chi connectivity index (χ2v) is 6.82. The van der Waals surface area contributed by atoms with Crippen molar-refractivity contribution in [1.82, 2.24) is 4.90 Å². The molecular weight excluding hydrogens is 366 g/mol. The Kier molecular flexibility index (Phi) is 6.49. The molecule has 0 saturated carbocycles. The molecule has 0 aliphatic carbocycles. The molecular formula is C20H21NO5S. The first-order chi connectivity index (χ1) is 13.2. The number of carbonyl (C=O) groups excluding carboxylic acids is 2. The minimum atomic E-state index is -0.535. The van der Waals surface area contributed by atoms with Crippen LogP contribution in [-0.4, -0.2) is 43.1 Å². The highest BCUT2D eigenvalue weighted by atomic mass is 32.1. The Balaban J connectivity index is 1.52. The molecule has 1 aromatic carbocycles. The second kappa shape index (κ2) is 9.23. The molecule has 1 aliphatic heterocycles. The summed E-state index contributed by atoms with van der Waals surface area (Å²) in [4.78, 5) is 26.7. The third-order valence-electron chi connectivity index (χ3n) is 3.98. The standard InChI is InChI=1S/C20H21NO5S/c1-2-21(13-15-5-7-17-18(12-15)25-10-9-24-17)19(22)14-26-20(23)8-6-16-4-3-11-27-16/h3-8,11-12H,2,9-10,13-14H2,1H3/b8-6+. The molecule has 6 nitrogen and oxygen atoms in total. The van der Waals surface area contributed by atoms with Crippen LogP contribution in [0.5, 0.6) is 11.5 Å². The van der Waals surface area contributed by atoms with Gasteiger partial charge in [-0.3, -0.25) is 4.79 Å². The molecule has 1 aliphatic rings. The summed E-state index contributed by atoms with van der Waals surface area (Å²) in [5.41, 5.74) is 0.929. The van der Waals surface area contributed by atoms with Gasteiger partial charge in [0.1, 0.15) is 13.2 Å². The summed E-state index contributed by atoms with van der Waals surface area (Å²) >= 11 is 1.52. The van der Waals surface area contributed by atoms with E-state index in [1.165, 1.54) is 17.4 Å². The van der Waals surface area contributed by atoms with Crippen molar-refractivity contribution in [3.05, 3.63) is 52.2 Å². The first-order valence-corrected chi connectivity index (χ1v) is 9.58. The van der Waals surface area contributed by atoms with E-state index in [2.05, 4.69) is 0 Å². The average molecular weight is 387 g/mol. The summed E-state index contributed by atoms with van der Waals surface area (Å²) in [6, 6.07) is 9.42. The zero-order chi connectivity index (χ0) is 19.1. The second-order valence-electron chi connectivity index (χ2n) is 5.84. The van der Waals surface area contributed by atoms with Gasteiger partial charge in [0.15, 0.2) is 18.1 Å². The molecule has 0 saturated heterocycles. The molecule has 2 aromatic rings. The van der Waals surface area contributed by atoms with Crippen molar-refractivity contribution in [2.45, 2.75) is 13.5 Å². The molecule has 0 unspecified atom stereocenters. The summed E-state index contributed by atoms with van der Waals surface area (Å²) in [6.07, 6.45) is 3.00. The predicted octanol–water partition coefficient (Wildman–Crippen LogP) is 3.12. The molecule has 0 bridgehead atoms. The molecule has 1 amide bonds. The number of esters is 1. The Morgan fingerprint density at radius 3 is 2.78 bits per heavy atom. The van der Waals surface area contributed by atoms with Crippen LogP contribution in [0.1, 0.15) is 17.4 Å². The number of carbonyl (C=O) groups is 2. The molecule has 1 aromatic heterocycles. The first kappa shape index (κ1) is 19.0. The van der Waals surface area contributed by atoms with Crippen molar-refractivity contribution in [2.75, 3.05) is 26.4 Å². The number of amides is 1. The lowest BCUT2D eigenvalue weighted by Gasteiger charge is -2.23. The lowest BCUT2D eigenvalue weighted by molar-refractivity contribution is -0.148. The molecule has 0 atom stereocenters. The van der Waals surface area contributed by atoms with E-state index < -0.39 is 5.97 Å². The molecule has 7 heteroatoms. The van der Waals surface area contributed by atoms with Crippen molar-refractivity contribution < 1.29 is 23.8 Å². The van der Waals surface area contributed by atoms with E-state index in [0.717, 1.165) is 10.4 Å². The zero-order valence-corrected chi connectivity index (χ0v) is 15.9. The van der Waals surface area contributed by atoms with Crippen molar-refractivity contribution in [2.24, 2.45) is 0 Å². The molecule has 2 heterocycles. The smallest absolute Gasteiger partial charge is 0.331 e. The number of ether oxygens (including phenoxy) is 3. The molecule has 0 radical (unpaired) electrons. The SMILES string of the molecule is CCN(Cc1ccc2c(c1)OCCO2)C(=O)COC(=O)/C=C/c1cccs1. The van der Waals surface area contributed by atoms with Crippen LogP contribution in [-0.2, 0) is 20.9 Å². The summed E-state index contributed by atoms with van der Waals surface area (Å²) in [6.45, 7) is 3.57. The first-order valence-electron chi connectivity index (χ1n) is 8.70. The normalized spacial score (nSPS) is 12.8. The van der Waals surface area contributed by atoms with Crippen LogP contribution in [0.25, 0.3) is 6.08 Å². The van der Waals surface area contributed by atoms with Gasteiger partial charge in [0.2, 0.25) is 0 Å². The van der Waals surface area contributed by atoms with Gasteiger partial charge >= 0.3 is 5.97 Å². The molecule has 27 heavy (non-hydrogen) atoms. The molecule has 142 valence electrons. The van der Waals surface area contributed by atoms with Crippen LogP contribution in [0.2, 0.25) is 0 Å². The maximum atomic E-state index is 12.4.